The van der Waals surface area contributed by atoms with E-state index in [4.69, 9.17) is 11.0 Å². The van der Waals surface area contributed by atoms with E-state index in [0.29, 0.717) is 16.9 Å². The van der Waals surface area contributed by atoms with Crippen molar-refractivity contribution in [3.8, 4) is 6.07 Å². The Morgan fingerprint density at radius 1 is 1.24 bits per heavy atom. The lowest BCUT2D eigenvalue weighted by Crippen LogP contribution is -2.00. The van der Waals surface area contributed by atoms with Crippen molar-refractivity contribution in [3.05, 3.63) is 41.5 Å². The monoisotopic (exact) mass is 352 g/mol. The Morgan fingerprint density at radius 2 is 2.00 bits per heavy atom. The van der Waals surface area contributed by atoms with Gasteiger partial charge in [0, 0.05) is 24.7 Å². The minimum absolute atomic E-state index is 0.0398. The van der Waals surface area contributed by atoms with Crippen molar-refractivity contribution in [2.75, 3.05) is 5.73 Å². The van der Waals surface area contributed by atoms with Gasteiger partial charge < -0.3 is 10.3 Å². The molecule has 0 aliphatic rings. The Balaban J connectivity index is 1.95. The topological polar surface area (TPSA) is 93.4 Å². The molecular formula is C18H20N6S. The van der Waals surface area contributed by atoms with Crippen LogP contribution in [-0.4, -0.2) is 19.5 Å². The number of nitriles is 1. The lowest BCUT2D eigenvalue weighted by atomic mass is 10.0. The van der Waals surface area contributed by atoms with E-state index < -0.39 is 0 Å². The third-order valence-electron chi connectivity index (χ3n) is 4.09. The number of nitrogens with two attached hydrogens (primary N) is 1. The molecule has 3 aromatic heterocycles. The van der Waals surface area contributed by atoms with Gasteiger partial charge in [0.15, 0.2) is 5.16 Å². The van der Waals surface area contributed by atoms with E-state index in [2.05, 4.69) is 52.6 Å². The maximum Gasteiger partial charge on any atom is 0.191 e. The summed E-state index contributed by atoms with van der Waals surface area (Å²) in [6.07, 6.45) is 4.08. The summed E-state index contributed by atoms with van der Waals surface area (Å²) in [7, 11) is 2.04. The van der Waals surface area contributed by atoms with Crippen LogP contribution >= 0.6 is 11.8 Å². The zero-order valence-electron chi connectivity index (χ0n) is 14.7. The van der Waals surface area contributed by atoms with Crippen LogP contribution in [0, 0.1) is 11.3 Å². The fourth-order valence-corrected chi connectivity index (χ4v) is 3.65. The van der Waals surface area contributed by atoms with E-state index in [0.717, 1.165) is 11.2 Å². The molecule has 128 valence electrons. The van der Waals surface area contributed by atoms with Crippen molar-refractivity contribution in [2.45, 2.75) is 37.1 Å². The van der Waals surface area contributed by atoms with Gasteiger partial charge in [0.25, 0.3) is 0 Å². The van der Waals surface area contributed by atoms with Crippen LogP contribution in [0.5, 0.6) is 0 Å². The molecule has 0 fully saturated rings. The summed E-state index contributed by atoms with van der Waals surface area (Å²) < 4.78 is 2.11. The first-order valence-corrected chi connectivity index (χ1v) is 8.93. The number of aromatic nitrogens is 4. The van der Waals surface area contributed by atoms with Gasteiger partial charge in [-0.25, -0.2) is 9.97 Å². The van der Waals surface area contributed by atoms with Crippen LogP contribution in [0.15, 0.2) is 29.7 Å². The summed E-state index contributed by atoms with van der Waals surface area (Å²) in [5, 5.41) is 10.8. The number of rotatable bonds is 4. The van der Waals surface area contributed by atoms with Gasteiger partial charge in [0.1, 0.15) is 17.6 Å². The van der Waals surface area contributed by atoms with Gasteiger partial charge in [-0.1, -0.05) is 25.6 Å². The molecule has 3 aromatic rings. The van der Waals surface area contributed by atoms with E-state index >= 15 is 0 Å². The molecule has 1 atom stereocenters. The van der Waals surface area contributed by atoms with Gasteiger partial charge >= 0.3 is 0 Å². The Kier molecular flexibility index (Phi) is 4.64. The molecule has 0 aliphatic heterocycles. The zero-order chi connectivity index (χ0) is 18.1. The minimum Gasteiger partial charge on any atom is -0.384 e. The second kappa shape index (κ2) is 6.73. The van der Waals surface area contributed by atoms with E-state index in [1.807, 2.05) is 19.3 Å². The highest BCUT2D eigenvalue weighted by molar-refractivity contribution is 7.99. The number of hydrogen-bond donors (Lipinski definition) is 1. The molecule has 3 heterocycles. The first-order chi connectivity index (χ1) is 11.9. The second-order valence-electron chi connectivity index (χ2n) is 6.31. The first-order valence-electron chi connectivity index (χ1n) is 8.05. The van der Waals surface area contributed by atoms with Gasteiger partial charge in [-0.2, -0.15) is 5.26 Å². The van der Waals surface area contributed by atoms with E-state index in [-0.39, 0.29) is 10.9 Å². The summed E-state index contributed by atoms with van der Waals surface area (Å²) in [5.74, 6) is 0.743. The molecule has 0 amide bonds. The van der Waals surface area contributed by atoms with Crippen LogP contribution in [0.2, 0.25) is 0 Å². The van der Waals surface area contributed by atoms with Gasteiger partial charge in [0.2, 0.25) is 0 Å². The number of nitrogen functional groups attached to an aromatic ring is 1. The highest BCUT2D eigenvalue weighted by Gasteiger charge is 2.16. The molecule has 0 spiro atoms. The second-order valence-corrected chi connectivity index (χ2v) is 7.62. The quantitative estimate of drug-likeness (QED) is 0.567. The van der Waals surface area contributed by atoms with Gasteiger partial charge in [-0.15, -0.1) is 0 Å². The smallest absolute Gasteiger partial charge is 0.191 e. The highest BCUT2D eigenvalue weighted by atomic mass is 32.2. The predicted octanol–water partition coefficient (Wildman–Crippen LogP) is 3.79. The molecule has 0 aromatic carbocycles. The molecule has 0 radical (unpaired) electrons. The summed E-state index contributed by atoms with van der Waals surface area (Å²) in [5.41, 5.74) is 9.41. The summed E-state index contributed by atoms with van der Waals surface area (Å²) in [6, 6.07) is 5.61. The molecule has 0 aliphatic carbocycles. The fraction of sp³-hybridized carbons (Fsp3) is 0.333. The summed E-state index contributed by atoms with van der Waals surface area (Å²) >= 11 is 1.45. The molecule has 3 rings (SSSR count). The number of aryl methyl sites for hydroxylation is 1. The SMILES string of the molecule is CC(C)c1cn(C)c2cnc(C(C)Sc3nc(N)cc(C#N)n3)cc12. The largest absolute Gasteiger partial charge is 0.384 e. The number of fused-ring (bicyclic) bond motifs is 1. The third-order valence-corrected chi connectivity index (χ3v) is 5.08. The average Bonchev–Trinajstić information content (AvgIpc) is 2.91. The van der Waals surface area contributed by atoms with Crippen molar-refractivity contribution >= 4 is 28.5 Å². The summed E-state index contributed by atoms with van der Waals surface area (Å²) in [6.45, 7) is 6.43. The van der Waals surface area contributed by atoms with Gasteiger partial charge in [0.05, 0.1) is 22.7 Å². The normalized spacial score (nSPS) is 12.5. The van der Waals surface area contributed by atoms with Crippen LogP contribution in [0.4, 0.5) is 5.82 Å². The van der Waals surface area contributed by atoms with Crippen LogP contribution < -0.4 is 5.73 Å². The Hall–Kier alpha value is -2.59. The number of anilines is 1. The highest BCUT2D eigenvalue weighted by Crippen LogP contribution is 2.35. The molecule has 6 nitrogen and oxygen atoms in total. The standard InChI is InChI=1S/C18H20N6S/c1-10(2)14-9-24(4)16-8-21-15(6-13(14)16)11(3)25-18-22-12(7-19)5-17(20)23-18/h5-6,8-11H,1-4H3,(H2,20,22,23). The number of hydrogen-bond acceptors (Lipinski definition) is 6. The number of thioether (sulfide) groups is 1. The van der Waals surface area contributed by atoms with Crippen LogP contribution in [0.1, 0.15) is 48.9 Å². The maximum absolute atomic E-state index is 9.02. The van der Waals surface area contributed by atoms with Crippen LogP contribution in [0.3, 0.4) is 0 Å². The van der Waals surface area contributed by atoms with Crippen molar-refractivity contribution in [1.29, 1.82) is 5.26 Å². The van der Waals surface area contributed by atoms with E-state index in [1.54, 1.807) is 0 Å². The minimum atomic E-state index is 0.0398. The molecule has 2 N–H and O–H groups in total. The van der Waals surface area contributed by atoms with E-state index in [1.165, 1.54) is 28.8 Å². The zero-order valence-corrected chi connectivity index (χ0v) is 15.5. The molecule has 0 saturated carbocycles. The molecule has 1 unspecified atom stereocenters. The third kappa shape index (κ3) is 3.44. The average molecular weight is 352 g/mol. The molecule has 0 saturated heterocycles. The van der Waals surface area contributed by atoms with Crippen molar-refractivity contribution in [2.24, 2.45) is 7.05 Å². The van der Waals surface area contributed by atoms with Crippen molar-refractivity contribution < 1.29 is 0 Å². The lowest BCUT2D eigenvalue weighted by Gasteiger charge is -2.11. The Bertz CT molecular complexity index is 970. The molecule has 25 heavy (non-hydrogen) atoms. The lowest BCUT2D eigenvalue weighted by molar-refractivity contribution is 0.857. The predicted molar refractivity (Wildman–Crippen MR) is 100 cm³/mol. The van der Waals surface area contributed by atoms with Crippen molar-refractivity contribution in [3.63, 3.8) is 0 Å². The molecule has 0 bridgehead atoms. The summed E-state index contributed by atoms with van der Waals surface area (Å²) in [4.78, 5) is 13.0. The fourth-order valence-electron chi connectivity index (χ4n) is 2.78. The van der Waals surface area contributed by atoms with Gasteiger partial charge in [-0.3, -0.25) is 4.98 Å². The Morgan fingerprint density at radius 3 is 2.68 bits per heavy atom. The molecule has 7 heteroatoms. The van der Waals surface area contributed by atoms with Gasteiger partial charge in [-0.05, 0) is 24.5 Å². The maximum atomic E-state index is 9.02. The molecular weight excluding hydrogens is 332 g/mol. The van der Waals surface area contributed by atoms with E-state index in [9.17, 15) is 0 Å². The van der Waals surface area contributed by atoms with Crippen molar-refractivity contribution in [1.82, 2.24) is 19.5 Å². The number of nitrogens with zero attached hydrogens (tertiary/aromatic N) is 5. The number of pyridine rings is 1. The van der Waals surface area contributed by atoms with Crippen LogP contribution in [0.25, 0.3) is 10.9 Å². The van der Waals surface area contributed by atoms with Crippen LogP contribution in [-0.2, 0) is 7.05 Å². The Labute approximate surface area is 151 Å². The first kappa shape index (κ1) is 17.2.